The molecule has 1 saturated carbocycles. The Kier molecular flexibility index (Phi) is 5.41. The Morgan fingerprint density at radius 2 is 1.91 bits per heavy atom. The normalized spacial score (nSPS) is 16.5. The Labute approximate surface area is 131 Å². The van der Waals surface area contributed by atoms with Gasteiger partial charge in [-0.3, -0.25) is 0 Å². The molecule has 0 aliphatic heterocycles. The maximum atomic E-state index is 12.0. The smallest absolute Gasteiger partial charge is 0.408 e. The van der Waals surface area contributed by atoms with Gasteiger partial charge in [0.25, 0.3) is 0 Å². The van der Waals surface area contributed by atoms with E-state index in [1.807, 2.05) is 30.3 Å². The molecule has 1 unspecified atom stereocenters. The van der Waals surface area contributed by atoms with Gasteiger partial charge in [0.05, 0.1) is 6.61 Å². The van der Waals surface area contributed by atoms with Gasteiger partial charge < -0.3 is 14.8 Å². The van der Waals surface area contributed by atoms with Gasteiger partial charge in [0.15, 0.2) is 0 Å². The molecule has 2 rings (SSSR count). The molecule has 1 atom stereocenters. The van der Waals surface area contributed by atoms with Crippen molar-refractivity contribution in [3.05, 3.63) is 35.9 Å². The van der Waals surface area contributed by atoms with Gasteiger partial charge in [-0.15, -0.1) is 0 Å². The molecule has 0 spiro atoms. The van der Waals surface area contributed by atoms with Gasteiger partial charge in [0.1, 0.15) is 12.6 Å². The third-order valence-electron chi connectivity index (χ3n) is 3.88. The molecular formula is C17H23NO4. The Hall–Kier alpha value is -2.04. The Bertz CT molecular complexity index is 511. The summed E-state index contributed by atoms with van der Waals surface area (Å²) in [5.41, 5.74) is 1.03. The van der Waals surface area contributed by atoms with Crippen LogP contribution in [0.3, 0.4) is 0 Å². The van der Waals surface area contributed by atoms with Crippen LogP contribution in [0.15, 0.2) is 30.3 Å². The fourth-order valence-corrected chi connectivity index (χ4v) is 2.25. The van der Waals surface area contributed by atoms with E-state index in [1.54, 1.807) is 6.92 Å². The number of esters is 1. The molecule has 1 aromatic rings. The first-order valence-electron chi connectivity index (χ1n) is 7.66. The molecule has 1 fully saturated rings. The number of hydrogen-bond acceptors (Lipinski definition) is 4. The van der Waals surface area contributed by atoms with Crippen LogP contribution in [-0.4, -0.2) is 24.7 Å². The monoisotopic (exact) mass is 305 g/mol. The summed E-state index contributed by atoms with van der Waals surface area (Å²) in [4.78, 5) is 23.9. The van der Waals surface area contributed by atoms with E-state index >= 15 is 0 Å². The van der Waals surface area contributed by atoms with Gasteiger partial charge in [-0.2, -0.15) is 0 Å². The minimum absolute atomic E-state index is 0.129. The topological polar surface area (TPSA) is 64.6 Å². The van der Waals surface area contributed by atoms with Gasteiger partial charge in [-0.05, 0) is 37.2 Å². The number of benzene rings is 1. The summed E-state index contributed by atoms with van der Waals surface area (Å²) in [6.45, 7) is 4.34. The predicted molar refractivity (Wildman–Crippen MR) is 82.1 cm³/mol. The van der Waals surface area contributed by atoms with Crippen molar-refractivity contribution in [3.8, 4) is 0 Å². The van der Waals surface area contributed by atoms with Crippen molar-refractivity contribution < 1.29 is 19.1 Å². The number of ether oxygens (including phenoxy) is 2. The second-order valence-corrected chi connectivity index (χ2v) is 6.03. The summed E-state index contributed by atoms with van der Waals surface area (Å²) in [7, 11) is 0. The van der Waals surface area contributed by atoms with E-state index in [-0.39, 0.29) is 12.0 Å². The summed E-state index contributed by atoms with van der Waals surface area (Å²) in [6, 6.07) is 8.77. The first kappa shape index (κ1) is 16.3. The highest BCUT2D eigenvalue weighted by molar-refractivity contribution is 5.81. The van der Waals surface area contributed by atoms with E-state index < -0.39 is 18.1 Å². The maximum Gasteiger partial charge on any atom is 0.408 e. The number of rotatable bonds is 7. The van der Waals surface area contributed by atoms with Crippen molar-refractivity contribution in [2.24, 2.45) is 5.41 Å². The highest BCUT2D eigenvalue weighted by Crippen LogP contribution is 2.48. The molecule has 1 amide bonds. The number of carbonyl (C=O) groups excluding carboxylic acids is 2. The van der Waals surface area contributed by atoms with E-state index in [9.17, 15) is 9.59 Å². The molecule has 0 bridgehead atoms. The van der Waals surface area contributed by atoms with Crippen LogP contribution in [0.25, 0.3) is 0 Å². The third-order valence-corrected chi connectivity index (χ3v) is 3.88. The van der Waals surface area contributed by atoms with E-state index in [0.717, 1.165) is 18.4 Å². The van der Waals surface area contributed by atoms with Crippen LogP contribution in [0.5, 0.6) is 0 Å². The number of carbonyl (C=O) groups is 2. The largest absolute Gasteiger partial charge is 0.464 e. The second kappa shape index (κ2) is 7.29. The molecule has 0 aromatic heterocycles. The molecule has 5 heteroatoms. The zero-order valence-electron chi connectivity index (χ0n) is 13.1. The summed E-state index contributed by atoms with van der Waals surface area (Å²) >= 11 is 0. The standard InChI is InChI=1S/C17H23NO4/c1-3-21-15(19)14(11-17(2)9-10-17)18-16(20)22-12-13-7-5-4-6-8-13/h4-8,14H,3,9-12H2,1-2H3,(H,18,20). The summed E-state index contributed by atoms with van der Waals surface area (Å²) in [6.07, 6.45) is 2.14. The molecule has 0 saturated heterocycles. The van der Waals surface area contributed by atoms with Gasteiger partial charge in [-0.25, -0.2) is 9.59 Å². The third kappa shape index (κ3) is 5.06. The van der Waals surface area contributed by atoms with Crippen LogP contribution >= 0.6 is 0 Å². The van der Waals surface area contributed by atoms with Gasteiger partial charge in [0.2, 0.25) is 0 Å². The van der Waals surface area contributed by atoms with Crippen molar-refractivity contribution in [1.29, 1.82) is 0 Å². The van der Waals surface area contributed by atoms with Crippen molar-refractivity contribution in [1.82, 2.24) is 5.32 Å². The fourth-order valence-electron chi connectivity index (χ4n) is 2.25. The molecule has 1 N–H and O–H groups in total. The molecule has 1 aliphatic rings. The molecule has 0 radical (unpaired) electrons. The molecular weight excluding hydrogens is 282 g/mol. The van der Waals surface area contributed by atoms with E-state index in [4.69, 9.17) is 9.47 Å². The fraction of sp³-hybridized carbons (Fsp3) is 0.529. The molecule has 0 heterocycles. The quantitative estimate of drug-likeness (QED) is 0.786. The molecule has 1 aliphatic carbocycles. The molecule has 120 valence electrons. The first-order chi connectivity index (χ1) is 10.5. The van der Waals surface area contributed by atoms with E-state index in [2.05, 4.69) is 12.2 Å². The lowest BCUT2D eigenvalue weighted by Gasteiger charge is -2.20. The van der Waals surface area contributed by atoms with E-state index in [0.29, 0.717) is 13.0 Å². The summed E-state index contributed by atoms with van der Waals surface area (Å²) < 4.78 is 10.2. The average Bonchev–Trinajstić information content (AvgIpc) is 3.23. The summed E-state index contributed by atoms with van der Waals surface area (Å²) in [5, 5.41) is 2.63. The molecule has 5 nitrogen and oxygen atoms in total. The van der Waals surface area contributed by atoms with Gasteiger partial charge >= 0.3 is 12.1 Å². The Morgan fingerprint density at radius 1 is 1.23 bits per heavy atom. The number of amides is 1. The zero-order valence-corrected chi connectivity index (χ0v) is 13.1. The molecule has 1 aromatic carbocycles. The highest BCUT2D eigenvalue weighted by Gasteiger charge is 2.42. The minimum atomic E-state index is -0.643. The SMILES string of the molecule is CCOC(=O)C(CC1(C)CC1)NC(=O)OCc1ccccc1. The number of alkyl carbamates (subject to hydrolysis) is 1. The van der Waals surface area contributed by atoms with Crippen molar-refractivity contribution in [2.45, 2.75) is 45.8 Å². The van der Waals surface area contributed by atoms with Gasteiger partial charge in [0, 0.05) is 0 Å². The number of hydrogen-bond donors (Lipinski definition) is 1. The Balaban J connectivity index is 1.85. The van der Waals surface area contributed by atoms with Crippen LogP contribution in [-0.2, 0) is 20.9 Å². The molecule has 22 heavy (non-hydrogen) atoms. The second-order valence-electron chi connectivity index (χ2n) is 6.03. The average molecular weight is 305 g/mol. The highest BCUT2D eigenvalue weighted by atomic mass is 16.6. The van der Waals surface area contributed by atoms with Crippen LogP contribution in [0.2, 0.25) is 0 Å². The maximum absolute atomic E-state index is 12.0. The van der Waals surface area contributed by atoms with Crippen LogP contribution in [0, 0.1) is 5.41 Å². The van der Waals surface area contributed by atoms with Crippen LogP contribution in [0.4, 0.5) is 4.79 Å². The number of nitrogens with one attached hydrogen (secondary N) is 1. The van der Waals surface area contributed by atoms with Crippen molar-refractivity contribution >= 4 is 12.1 Å². The first-order valence-corrected chi connectivity index (χ1v) is 7.66. The predicted octanol–water partition coefficient (Wildman–Crippen LogP) is 3.03. The van der Waals surface area contributed by atoms with Crippen molar-refractivity contribution in [2.75, 3.05) is 6.61 Å². The lowest BCUT2D eigenvalue weighted by Crippen LogP contribution is -2.43. The van der Waals surface area contributed by atoms with Crippen LogP contribution in [0.1, 0.15) is 38.7 Å². The lowest BCUT2D eigenvalue weighted by molar-refractivity contribution is -0.146. The summed E-state index contributed by atoms with van der Waals surface area (Å²) in [5.74, 6) is -0.396. The minimum Gasteiger partial charge on any atom is -0.464 e. The zero-order chi connectivity index (χ0) is 16.0. The lowest BCUT2D eigenvalue weighted by atomic mass is 9.99. The van der Waals surface area contributed by atoms with Crippen molar-refractivity contribution in [3.63, 3.8) is 0 Å². The van der Waals surface area contributed by atoms with Gasteiger partial charge in [-0.1, -0.05) is 37.3 Å². The Morgan fingerprint density at radius 3 is 2.50 bits per heavy atom. The van der Waals surface area contributed by atoms with E-state index in [1.165, 1.54) is 0 Å². The van der Waals surface area contributed by atoms with Crippen LogP contribution < -0.4 is 5.32 Å².